The average Bonchev–Trinajstić information content (AvgIpc) is 3.49. The molecule has 2 heterocycles. The number of alkyl halides is 7. The maximum atomic E-state index is 14.8. The number of halogens is 9. The summed E-state index contributed by atoms with van der Waals surface area (Å²) >= 11 is 4.81. The number of rotatable bonds is 5. The molecule has 1 aromatic heterocycles. The first-order chi connectivity index (χ1) is 14.8. The number of aromatic nitrogens is 1. The first-order valence-corrected chi connectivity index (χ1v) is 11.6. The zero-order valence-corrected chi connectivity index (χ0v) is 21.2. The van der Waals surface area contributed by atoms with Crippen molar-refractivity contribution in [2.75, 3.05) is 5.32 Å². The zero-order chi connectivity index (χ0) is 23.5. The van der Waals surface area contributed by atoms with Gasteiger partial charge in [-0.1, -0.05) is 6.07 Å². The van der Waals surface area contributed by atoms with Gasteiger partial charge >= 0.3 is 22.6 Å². The van der Waals surface area contributed by atoms with Crippen LogP contribution in [-0.2, 0) is 21.4 Å². The minimum atomic E-state index is -5.87. The van der Waals surface area contributed by atoms with E-state index in [0.29, 0.717) is 17.7 Å². The third-order valence-corrected chi connectivity index (χ3v) is 6.99. The molecule has 1 atom stereocenters. The van der Waals surface area contributed by atoms with E-state index in [1.54, 1.807) is 91.6 Å². The Bertz CT molecular complexity index is 1160. The highest BCUT2D eigenvalue weighted by Crippen LogP contribution is 2.56. The standard InChI is InChI=1S/C19H9BrF6I2N2O2/c20-18(22,23)16(21,19(24,25)26)11-7-12(27)15(13(28)8-11)30-17(31-32-17)10-3-4-14-9(6-10)2-1-5-29-14/h1-8,30H. The lowest BCUT2D eigenvalue weighted by atomic mass is 9.95. The van der Waals surface area contributed by atoms with Crippen LogP contribution in [0.2, 0.25) is 0 Å². The molecular weight excluding hydrogens is 736 g/mol. The van der Waals surface area contributed by atoms with E-state index in [1.807, 2.05) is 6.07 Å². The average molecular weight is 745 g/mol. The highest BCUT2D eigenvalue weighted by atomic mass is 127. The van der Waals surface area contributed by atoms with E-state index in [2.05, 4.69) is 10.3 Å². The number of hydrogen-bond acceptors (Lipinski definition) is 4. The molecule has 2 aromatic carbocycles. The molecule has 0 aliphatic carbocycles. The van der Waals surface area contributed by atoms with Crippen LogP contribution in [0.1, 0.15) is 11.1 Å². The molecule has 0 saturated carbocycles. The summed E-state index contributed by atoms with van der Waals surface area (Å²) in [6, 6.07) is 10.1. The molecule has 1 unspecified atom stereocenters. The molecule has 0 amide bonds. The van der Waals surface area contributed by atoms with Crippen LogP contribution < -0.4 is 5.32 Å². The van der Waals surface area contributed by atoms with E-state index in [-0.39, 0.29) is 12.8 Å². The van der Waals surface area contributed by atoms with Crippen molar-refractivity contribution in [3.63, 3.8) is 0 Å². The van der Waals surface area contributed by atoms with Crippen LogP contribution >= 0.6 is 61.1 Å². The molecule has 1 fully saturated rings. The summed E-state index contributed by atoms with van der Waals surface area (Å²) in [5.74, 6) is -1.44. The maximum absolute atomic E-state index is 14.8. The summed E-state index contributed by atoms with van der Waals surface area (Å²) in [5.41, 5.74) is -4.69. The van der Waals surface area contributed by atoms with Gasteiger partial charge in [-0.3, -0.25) is 4.98 Å². The monoisotopic (exact) mass is 744 g/mol. The van der Waals surface area contributed by atoms with Crippen molar-refractivity contribution in [1.29, 1.82) is 0 Å². The van der Waals surface area contributed by atoms with Gasteiger partial charge in [-0.05, 0) is 97.5 Å². The normalized spacial score (nSPS) is 17.8. The van der Waals surface area contributed by atoms with Gasteiger partial charge in [0.1, 0.15) is 0 Å². The van der Waals surface area contributed by atoms with Crippen LogP contribution in [0.3, 0.4) is 0 Å². The first-order valence-electron chi connectivity index (χ1n) is 8.61. The highest BCUT2D eigenvalue weighted by molar-refractivity contribution is 14.1. The molecule has 1 N–H and O–H groups in total. The molecule has 1 saturated heterocycles. The van der Waals surface area contributed by atoms with E-state index in [1.165, 1.54) is 0 Å². The molecule has 170 valence electrons. The Labute approximate surface area is 212 Å². The quantitative estimate of drug-likeness (QED) is 0.0978. The van der Waals surface area contributed by atoms with E-state index in [4.69, 9.17) is 9.78 Å². The molecule has 1 aliphatic heterocycles. The van der Waals surface area contributed by atoms with Crippen LogP contribution in [-0.4, -0.2) is 16.0 Å². The molecule has 4 rings (SSSR count). The Morgan fingerprint density at radius 2 is 1.56 bits per heavy atom. The lowest BCUT2D eigenvalue weighted by molar-refractivity contribution is -0.282. The molecule has 0 spiro atoms. The molecule has 13 heteroatoms. The second-order valence-corrected chi connectivity index (χ2v) is 10.1. The van der Waals surface area contributed by atoms with Crippen LogP contribution in [0.25, 0.3) is 10.9 Å². The van der Waals surface area contributed by atoms with Gasteiger partial charge in [0.2, 0.25) is 0 Å². The number of hydrogen-bond donors (Lipinski definition) is 1. The van der Waals surface area contributed by atoms with E-state index < -0.39 is 28.2 Å². The number of benzene rings is 2. The summed E-state index contributed by atoms with van der Waals surface area (Å²) in [7, 11) is 0. The van der Waals surface area contributed by atoms with Crippen molar-refractivity contribution in [2.24, 2.45) is 0 Å². The van der Waals surface area contributed by atoms with Crippen molar-refractivity contribution in [2.45, 2.75) is 22.6 Å². The Hall–Kier alpha value is -0.910. The summed E-state index contributed by atoms with van der Waals surface area (Å²) in [5, 5.41) is 3.71. The summed E-state index contributed by atoms with van der Waals surface area (Å²) in [6.45, 7) is 0. The predicted octanol–water partition coefficient (Wildman–Crippen LogP) is 7.34. The van der Waals surface area contributed by atoms with Crippen LogP contribution in [0.5, 0.6) is 0 Å². The van der Waals surface area contributed by atoms with Crippen molar-refractivity contribution in [3.05, 3.63) is 66.9 Å². The van der Waals surface area contributed by atoms with Gasteiger partial charge in [-0.15, -0.1) is 0 Å². The van der Waals surface area contributed by atoms with Crippen LogP contribution in [0.15, 0.2) is 48.7 Å². The van der Waals surface area contributed by atoms with E-state index in [0.717, 1.165) is 10.9 Å². The fourth-order valence-corrected chi connectivity index (χ4v) is 5.57. The fourth-order valence-electron chi connectivity index (χ4n) is 3.08. The number of pyridine rings is 1. The molecular formula is C19H9BrF6I2N2O2. The van der Waals surface area contributed by atoms with Crippen molar-refractivity contribution < 1.29 is 36.1 Å². The lowest BCUT2D eigenvalue weighted by Crippen LogP contribution is -2.49. The highest BCUT2D eigenvalue weighted by Gasteiger charge is 2.71. The van der Waals surface area contributed by atoms with E-state index >= 15 is 0 Å². The first kappa shape index (κ1) is 24.2. The molecule has 0 radical (unpaired) electrons. The third kappa shape index (κ3) is 4.07. The Kier molecular flexibility index (Phi) is 6.13. The van der Waals surface area contributed by atoms with Crippen molar-refractivity contribution >= 4 is 77.7 Å². The molecule has 0 bridgehead atoms. The smallest absolute Gasteiger partial charge is 0.325 e. The lowest BCUT2D eigenvalue weighted by Gasteiger charge is -2.32. The summed E-state index contributed by atoms with van der Waals surface area (Å²) in [6.07, 6.45) is -4.24. The minimum absolute atomic E-state index is 0.0495. The van der Waals surface area contributed by atoms with Gasteiger partial charge in [0.15, 0.2) is 0 Å². The third-order valence-electron chi connectivity index (χ3n) is 4.74. The predicted molar refractivity (Wildman–Crippen MR) is 124 cm³/mol. The molecule has 4 nitrogen and oxygen atoms in total. The summed E-state index contributed by atoms with van der Waals surface area (Å²) < 4.78 is 82.3. The fraction of sp³-hybridized carbons (Fsp3) is 0.211. The van der Waals surface area contributed by atoms with Gasteiger partial charge in [0.25, 0.3) is 0 Å². The molecule has 3 aromatic rings. The maximum Gasteiger partial charge on any atom is 0.433 e. The minimum Gasteiger partial charge on any atom is -0.325 e. The van der Waals surface area contributed by atoms with Gasteiger partial charge in [-0.25, -0.2) is 4.39 Å². The number of nitrogens with zero attached hydrogens (tertiary/aromatic N) is 1. The summed E-state index contributed by atoms with van der Waals surface area (Å²) in [4.78, 5) is 9.59. The zero-order valence-electron chi connectivity index (χ0n) is 15.3. The van der Waals surface area contributed by atoms with Gasteiger partial charge in [0.05, 0.1) is 11.2 Å². The number of nitrogens with one attached hydrogen (secondary N) is 1. The molecule has 32 heavy (non-hydrogen) atoms. The Balaban J connectivity index is 1.73. The topological polar surface area (TPSA) is 50.0 Å². The van der Waals surface area contributed by atoms with Crippen LogP contribution in [0, 0.1) is 7.14 Å². The van der Waals surface area contributed by atoms with Crippen molar-refractivity contribution in [3.8, 4) is 0 Å². The largest absolute Gasteiger partial charge is 0.433 e. The Morgan fingerprint density at radius 1 is 0.938 bits per heavy atom. The van der Waals surface area contributed by atoms with E-state index in [9.17, 15) is 26.3 Å². The van der Waals surface area contributed by atoms with Gasteiger partial charge in [0, 0.05) is 29.9 Å². The van der Waals surface area contributed by atoms with Crippen molar-refractivity contribution in [1.82, 2.24) is 4.98 Å². The number of fused-ring (bicyclic) bond motifs is 1. The second kappa shape index (κ2) is 8.09. The van der Waals surface area contributed by atoms with Gasteiger partial charge < -0.3 is 5.32 Å². The second-order valence-electron chi connectivity index (χ2n) is 6.79. The SMILES string of the molecule is FC(F)(F)C(F)(c1cc(I)c(NC2(c3ccc4ncccc4c3)OO2)c(I)c1)C(F)(F)Br. The number of anilines is 1. The van der Waals surface area contributed by atoms with Crippen LogP contribution in [0.4, 0.5) is 32.0 Å². The molecule has 1 aliphatic rings. The Morgan fingerprint density at radius 3 is 2.09 bits per heavy atom. The van der Waals surface area contributed by atoms with Gasteiger partial charge in [-0.2, -0.15) is 31.7 Å².